The van der Waals surface area contributed by atoms with Crippen molar-refractivity contribution in [2.45, 2.75) is 26.4 Å². The Kier molecular flexibility index (Phi) is 5.38. The summed E-state index contributed by atoms with van der Waals surface area (Å²) in [6, 6.07) is 3.38. The smallest absolute Gasteiger partial charge is 0.469 e. The van der Waals surface area contributed by atoms with Gasteiger partial charge in [0, 0.05) is 5.56 Å². The van der Waals surface area contributed by atoms with Crippen LogP contribution in [-0.2, 0) is 15.7 Å². The van der Waals surface area contributed by atoms with Gasteiger partial charge in [0.15, 0.2) is 0 Å². The van der Waals surface area contributed by atoms with Crippen LogP contribution in [0.3, 0.4) is 0 Å². The highest BCUT2D eigenvalue weighted by Gasteiger charge is 2.18. The van der Waals surface area contributed by atoms with Crippen LogP contribution in [-0.4, -0.2) is 24.0 Å². The maximum Gasteiger partial charge on any atom is 0.469 e. The van der Waals surface area contributed by atoms with E-state index in [-0.39, 0.29) is 12.5 Å². The summed E-state index contributed by atoms with van der Waals surface area (Å²) < 4.78 is 25.8. The van der Waals surface area contributed by atoms with E-state index in [1.165, 1.54) is 14.2 Å². The predicted molar refractivity (Wildman–Crippen MR) is 70.5 cm³/mol. The third kappa shape index (κ3) is 4.51. The van der Waals surface area contributed by atoms with Crippen LogP contribution in [0.15, 0.2) is 12.1 Å². The number of hydrogen-bond acceptors (Lipinski definition) is 4. The van der Waals surface area contributed by atoms with Crippen molar-refractivity contribution in [2.24, 2.45) is 0 Å². The Labute approximate surface area is 112 Å². The Hall–Kier alpha value is -1.07. The Morgan fingerprint density at radius 1 is 1.16 bits per heavy atom. The van der Waals surface area contributed by atoms with Crippen molar-refractivity contribution in [1.82, 2.24) is 0 Å². The average molecular weight is 290 g/mol. The molecule has 0 radical (unpaired) electrons. The Morgan fingerprint density at radius 2 is 1.63 bits per heavy atom. The molecule has 19 heavy (non-hydrogen) atoms. The van der Waals surface area contributed by atoms with Gasteiger partial charge in [-0.15, -0.1) is 0 Å². The topological polar surface area (TPSA) is 85.2 Å². The molecule has 0 aliphatic heterocycles. The van der Waals surface area contributed by atoms with Gasteiger partial charge in [0.2, 0.25) is 0 Å². The summed E-state index contributed by atoms with van der Waals surface area (Å²) in [5.74, 6) is 1.42. The Bertz CT molecular complexity index is 454. The first-order chi connectivity index (χ1) is 8.78. The van der Waals surface area contributed by atoms with E-state index in [0.29, 0.717) is 17.1 Å². The lowest BCUT2D eigenvalue weighted by Crippen LogP contribution is -2.01. The first-order valence-corrected chi connectivity index (χ1v) is 7.26. The molecule has 0 atom stereocenters. The predicted octanol–water partition coefficient (Wildman–Crippen LogP) is 2.44. The van der Waals surface area contributed by atoms with E-state index in [2.05, 4.69) is 4.52 Å². The molecule has 6 nitrogen and oxygen atoms in total. The molecule has 108 valence electrons. The van der Waals surface area contributed by atoms with E-state index >= 15 is 0 Å². The summed E-state index contributed by atoms with van der Waals surface area (Å²) in [6.45, 7) is 3.80. The molecule has 0 aliphatic carbocycles. The van der Waals surface area contributed by atoms with Crippen molar-refractivity contribution in [3.63, 3.8) is 0 Å². The van der Waals surface area contributed by atoms with Gasteiger partial charge in [-0.1, -0.05) is 13.8 Å². The van der Waals surface area contributed by atoms with E-state index in [1.54, 1.807) is 12.1 Å². The van der Waals surface area contributed by atoms with Crippen LogP contribution < -0.4 is 9.47 Å². The maximum atomic E-state index is 10.7. The van der Waals surface area contributed by atoms with Gasteiger partial charge in [0.05, 0.1) is 20.8 Å². The van der Waals surface area contributed by atoms with Crippen LogP contribution in [0.2, 0.25) is 0 Å². The molecule has 0 heterocycles. The Morgan fingerprint density at radius 3 is 1.95 bits per heavy atom. The molecule has 1 aromatic rings. The van der Waals surface area contributed by atoms with E-state index in [9.17, 15) is 4.57 Å². The molecule has 7 heteroatoms. The lowest BCUT2D eigenvalue weighted by Gasteiger charge is -2.18. The summed E-state index contributed by atoms with van der Waals surface area (Å²) in [5, 5.41) is 0. The van der Waals surface area contributed by atoms with Gasteiger partial charge < -0.3 is 19.3 Å². The van der Waals surface area contributed by atoms with Gasteiger partial charge >= 0.3 is 7.82 Å². The second-order valence-corrected chi connectivity index (χ2v) is 5.57. The molecule has 1 rings (SSSR count). The van der Waals surface area contributed by atoms with Crippen molar-refractivity contribution in [2.75, 3.05) is 14.2 Å². The molecule has 0 fully saturated rings. The lowest BCUT2D eigenvalue weighted by molar-refractivity contribution is 0.188. The second kappa shape index (κ2) is 6.39. The summed E-state index contributed by atoms with van der Waals surface area (Å²) in [6.07, 6.45) is 0. The number of rotatable bonds is 6. The highest BCUT2D eigenvalue weighted by atomic mass is 31.2. The van der Waals surface area contributed by atoms with Crippen LogP contribution in [0, 0.1) is 0 Å². The first-order valence-electron chi connectivity index (χ1n) is 5.73. The van der Waals surface area contributed by atoms with E-state index in [4.69, 9.17) is 19.3 Å². The number of phosphoric acid groups is 1. The molecule has 0 amide bonds. The molecule has 0 bridgehead atoms. The van der Waals surface area contributed by atoms with Gasteiger partial charge in [0.25, 0.3) is 0 Å². The minimum Gasteiger partial charge on any atom is -0.496 e. The summed E-state index contributed by atoms with van der Waals surface area (Å²) in [4.78, 5) is 17.4. The van der Waals surface area contributed by atoms with Crippen LogP contribution >= 0.6 is 7.82 Å². The maximum absolute atomic E-state index is 10.7. The molecule has 0 saturated heterocycles. The minimum atomic E-state index is -4.49. The Balaban J connectivity index is 3.12. The summed E-state index contributed by atoms with van der Waals surface area (Å²) in [7, 11) is -1.42. The van der Waals surface area contributed by atoms with Crippen molar-refractivity contribution in [3.05, 3.63) is 23.3 Å². The van der Waals surface area contributed by atoms with Crippen LogP contribution in [0.4, 0.5) is 0 Å². The fraction of sp³-hybridized carbons (Fsp3) is 0.500. The molecular formula is C12H19O6P. The van der Waals surface area contributed by atoms with Crippen molar-refractivity contribution in [3.8, 4) is 11.5 Å². The zero-order chi connectivity index (χ0) is 14.6. The molecule has 0 unspecified atom stereocenters. The molecule has 0 spiro atoms. The van der Waals surface area contributed by atoms with E-state index in [1.807, 2.05) is 13.8 Å². The van der Waals surface area contributed by atoms with E-state index in [0.717, 1.165) is 5.56 Å². The summed E-state index contributed by atoms with van der Waals surface area (Å²) >= 11 is 0. The molecule has 0 aromatic heterocycles. The number of benzene rings is 1. The van der Waals surface area contributed by atoms with Crippen molar-refractivity contribution >= 4 is 7.82 Å². The molecule has 0 saturated carbocycles. The van der Waals surface area contributed by atoms with Gasteiger partial charge in [-0.05, 0) is 23.6 Å². The normalized spacial score (nSPS) is 11.7. The van der Waals surface area contributed by atoms with Crippen LogP contribution in [0.5, 0.6) is 11.5 Å². The van der Waals surface area contributed by atoms with E-state index < -0.39 is 7.82 Å². The fourth-order valence-electron chi connectivity index (χ4n) is 1.80. The number of hydrogen-bond donors (Lipinski definition) is 2. The van der Waals surface area contributed by atoms with Gasteiger partial charge in [0.1, 0.15) is 11.5 Å². The average Bonchev–Trinajstić information content (AvgIpc) is 2.33. The van der Waals surface area contributed by atoms with Gasteiger partial charge in [-0.25, -0.2) is 4.57 Å². The fourth-order valence-corrected chi connectivity index (χ4v) is 2.12. The number of ether oxygens (including phenoxy) is 2. The molecule has 0 aliphatic rings. The van der Waals surface area contributed by atoms with Crippen LogP contribution in [0.25, 0.3) is 0 Å². The second-order valence-electron chi connectivity index (χ2n) is 4.33. The van der Waals surface area contributed by atoms with Crippen molar-refractivity contribution in [1.29, 1.82) is 0 Å². The molecule has 2 N–H and O–H groups in total. The largest absolute Gasteiger partial charge is 0.496 e. The minimum absolute atomic E-state index is 0.196. The number of methoxy groups -OCH3 is 2. The van der Waals surface area contributed by atoms with Gasteiger partial charge in [-0.3, -0.25) is 4.52 Å². The first kappa shape index (κ1) is 16.0. The number of phosphoric ester groups is 1. The zero-order valence-electron chi connectivity index (χ0n) is 11.4. The molecule has 1 aromatic carbocycles. The summed E-state index contributed by atoms with van der Waals surface area (Å²) in [5.41, 5.74) is 1.48. The van der Waals surface area contributed by atoms with Crippen molar-refractivity contribution < 1.29 is 28.3 Å². The highest BCUT2D eigenvalue weighted by molar-refractivity contribution is 7.46. The monoisotopic (exact) mass is 290 g/mol. The SMILES string of the molecule is COc1cc(COP(=O)(O)O)cc(OC)c1C(C)C. The highest BCUT2D eigenvalue weighted by Crippen LogP contribution is 2.40. The third-order valence-electron chi connectivity index (χ3n) is 2.58. The third-order valence-corrected chi connectivity index (χ3v) is 3.05. The standard InChI is InChI=1S/C12H19O6P/c1-8(2)12-10(16-3)5-9(6-11(12)17-4)7-18-19(13,14)15/h5-6,8H,7H2,1-4H3,(H2,13,14,15). The zero-order valence-corrected chi connectivity index (χ0v) is 12.3. The lowest BCUT2D eigenvalue weighted by atomic mass is 9.99. The van der Waals surface area contributed by atoms with Crippen LogP contribution in [0.1, 0.15) is 30.9 Å². The quantitative estimate of drug-likeness (QED) is 0.783. The van der Waals surface area contributed by atoms with Gasteiger partial charge in [-0.2, -0.15) is 0 Å². The molecular weight excluding hydrogens is 271 g/mol.